The van der Waals surface area contributed by atoms with Crippen molar-refractivity contribution in [3.63, 3.8) is 0 Å². The first-order valence-electron chi connectivity index (χ1n) is 39.7. The molecule has 0 aliphatic heterocycles. The second-order valence-electron chi connectivity index (χ2n) is 39.8. The molecule has 13 heteroatoms. The van der Waals surface area contributed by atoms with E-state index in [9.17, 15) is 8.42 Å². The van der Waals surface area contributed by atoms with Gasteiger partial charge in [-0.25, -0.2) is 28.0 Å². The number of rotatable bonds is 11. The van der Waals surface area contributed by atoms with Gasteiger partial charge in [-0.15, -0.1) is 0 Å². The van der Waals surface area contributed by atoms with Gasteiger partial charge >= 0.3 is 11.9 Å². The number of esters is 2. The lowest BCUT2D eigenvalue weighted by Crippen LogP contribution is -2.12. The van der Waals surface area contributed by atoms with E-state index in [1.807, 2.05) is 24.3 Å². The maximum atomic E-state index is 15.1. The zero-order valence-electron chi connectivity index (χ0n) is 70.4. The molecule has 0 aliphatic rings. The van der Waals surface area contributed by atoms with Crippen LogP contribution in [0.2, 0.25) is 0 Å². The molecule has 12 nitrogen and oxygen atoms in total. The minimum absolute atomic E-state index is 0.134. The predicted molar refractivity (Wildman–Crippen MR) is 469 cm³/mol. The lowest BCUT2D eigenvalue weighted by atomic mass is 9.85. The molecule has 0 atom stereocenters. The van der Waals surface area contributed by atoms with Gasteiger partial charge in [0.05, 0.1) is 60.2 Å². The van der Waals surface area contributed by atoms with Crippen molar-refractivity contribution in [2.75, 3.05) is 0 Å². The summed E-state index contributed by atoms with van der Waals surface area (Å²) in [4.78, 5) is 41.2. The van der Waals surface area contributed by atoms with Crippen LogP contribution in [0.1, 0.15) is 243 Å². The second kappa shape index (κ2) is 27.0. The quantitative estimate of drug-likeness (QED) is 0.100. The van der Waals surface area contributed by atoms with E-state index in [-0.39, 0.29) is 72.6 Å². The normalized spacial score (nSPS) is 13.2. The zero-order chi connectivity index (χ0) is 81.3. The van der Waals surface area contributed by atoms with Crippen molar-refractivity contribution in [2.24, 2.45) is 0 Å². The van der Waals surface area contributed by atoms with Crippen molar-refractivity contribution < 1.29 is 27.5 Å². The van der Waals surface area contributed by atoms with E-state index >= 15 is 9.59 Å². The van der Waals surface area contributed by atoms with Crippen molar-refractivity contribution in [2.45, 2.75) is 228 Å². The maximum Gasteiger partial charge on any atom is 0.338 e. The first kappa shape index (κ1) is 77.7. The van der Waals surface area contributed by atoms with Gasteiger partial charge in [-0.1, -0.05) is 215 Å². The van der Waals surface area contributed by atoms with Crippen molar-refractivity contribution in [3.05, 3.63) is 255 Å². The van der Waals surface area contributed by atoms with Crippen LogP contribution in [0, 0.1) is 0 Å². The molecule has 9 aromatic carbocycles. The van der Waals surface area contributed by atoms with Crippen LogP contribution in [0.5, 0.6) is 0 Å². The van der Waals surface area contributed by atoms with E-state index < -0.39 is 22.6 Å². The molecule has 0 spiro atoms. The third kappa shape index (κ3) is 14.4. The maximum absolute atomic E-state index is 15.1. The molecule has 113 heavy (non-hydrogen) atoms. The Morgan fingerprint density at radius 3 is 0.602 bits per heavy atom. The molecule has 0 unspecified atom stereocenters. The Bertz CT molecular complexity index is 5540. The van der Waals surface area contributed by atoms with Crippen LogP contribution in [-0.4, -0.2) is 48.6 Å². The molecular formula is C100H108N6O6S. The van der Waals surface area contributed by atoms with E-state index in [1.165, 1.54) is 62.7 Å². The summed E-state index contributed by atoms with van der Waals surface area (Å²) in [6.45, 7) is 53.1. The van der Waals surface area contributed by atoms with Crippen molar-refractivity contribution in [3.8, 4) is 23.3 Å². The summed E-state index contributed by atoms with van der Waals surface area (Å²) in [6.07, 6.45) is 0. The third-order valence-electron chi connectivity index (χ3n) is 23.0. The Morgan fingerprint density at radius 1 is 0.265 bits per heavy atom. The number of ether oxygens (including phenoxy) is 2. The molecule has 0 aliphatic carbocycles. The molecule has 0 saturated heterocycles. The third-order valence-corrected chi connectivity index (χ3v) is 23.6. The highest BCUT2D eigenvalue weighted by molar-refractivity contribution is 7.72. The Hall–Kier alpha value is -10.6. The summed E-state index contributed by atoms with van der Waals surface area (Å²) in [6, 6.07) is 65.4. The van der Waals surface area contributed by atoms with Crippen LogP contribution in [0.4, 0.5) is 0 Å². The van der Waals surface area contributed by atoms with Crippen molar-refractivity contribution in [1.29, 1.82) is 0 Å². The molecule has 580 valence electrons. The van der Waals surface area contributed by atoms with Crippen molar-refractivity contribution in [1.82, 2.24) is 28.2 Å². The summed E-state index contributed by atoms with van der Waals surface area (Å²) >= 11 is 0. The molecule has 0 radical (unpaired) electrons. The highest BCUT2D eigenvalue weighted by Crippen LogP contribution is 2.45. The number of nitrogens with zero attached hydrogens (tertiary/aromatic N) is 6. The monoisotopic (exact) mass is 1520 g/mol. The van der Waals surface area contributed by atoms with E-state index in [4.69, 9.17) is 19.4 Å². The molecule has 0 N–H and O–H groups in total. The first-order valence-corrected chi connectivity index (χ1v) is 40.9. The van der Waals surface area contributed by atoms with Crippen LogP contribution in [-0.2, 0) is 76.7 Å². The fraction of sp³-hybridized carbons (Fsp3) is 0.340. The van der Waals surface area contributed by atoms with Gasteiger partial charge < -0.3 is 9.47 Å². The van der Waals surface area contributed by atoms with E-state index in [2.05, 4.69) is 330 Å². The van der Waals surface area contributed by atoms with Crippen LogP contribution in [0.15, 0.2) is 193 Å². The fourth-order valence-corrected chi connectivity index (χ4v) is 16.5. The Kier molecular flexibility index (Phi) is 18.6. The molecule has 0 fully saturated rings. The van der Waals surface area contributed by atoms with Gasteiger partial charge in [0, 0.05) is 43.1 Å². The topological polar surface area (TPSA) is 132 Å². The molecular weight excluding hydrogens is 1410 g/mol. The van der Waals surface area contributed by atoms with Gasteiger partial charge in [0.1, 0.15) is 36.5 Å². The largest absolute Gasteiger partial charge is 0.457 e. The van der Waals surface area contributed by atoms with Gasteiger partial charge in [-0.2, -0.15) is 0 Å². The Balaban J connectivity index is 0.843. The average molecular weight is 1520 g/mol. The lowest BCUT2D eigenvalue weighted by molar-refractivity contribution is 0.0469. The number of hydrogen-bond acceptors (Lipinski definition) is 8. The Morgan fingerprint density at radius 2 is 0.442 bits per heavy atom. The van der Waals surface area contributed by atoms with Crippen LogP contribution in [0.25, 0.3) is 110 Å². The minimum atomic E-state index is -3.32. The van der Waals surface area contributed by atoms with Gasteiger partial charge in [-0.3, -0.25) is 18.3 Å². The highest BCUT2D eigenvalue weighted by Gasteiger charge is 2.30. The van der Waals surface area contributed by atoms with Gasteiger partial charge in [0.2, 0.25) is 0 Å². The molecule has 15 aromatic rings. The lowest BCUT2D eigenvalue weighted by Gasteiger charge is -2.19. The van der Waals surface area contributed by atoms with Gasteiger partial charge in [0.25, 0.3) is 0 Å². The SMILES string of the molecule is CC(C)(C)c1ccc2c(c1)c1cc(C(C)(C)C)ccc1n2-c1cc(COC(=O)c2cc(C(=O)OCc3cc(-n4c5ccc(C(C)(C)C)cc5c5cc(C(C)(C)C)ccc54)nc(-n4c5ccc(C(C)(C)C)cc5c5cc(C(C)(C)C)ccc54)c3)cc([SH](=O)=O)c2)cc(-n2c3ccc(C(C)(C)C)cc3c3cc(C(C)(C)C)ccc32)n1. The summed E-state index contributed by atoms with van der Waals surface area (Å²) in [5.74, 6) is 0.752. The Labute approximate surface area is 667 Å². The number of thiol groups is 1. The van der Waals surface area contributed by atoms with Crippen molar-refractivity contribution >= 4 is 110 Å². The number of hydrogen-bond donors (Lipinski definition) is 1. The van der Waals surface area contributed by atoms with Crippen LogP contribution < -0.4 is 0 Å². The average Bonchev–Trinajstić information content (AvgIpc) is 1.58. The highest BCUT2D eigenvalue weighted by atomic mass is 32.2. The molecule has 0 bridgehead atoms. The predicted octanol–water partition coefficient (Wildman–Crippen LogP) is 24.9. The summed E-state index contributed by atoms with van der Waals surface area (Å²) in [7, 11) is -3.32. The number of aromatic nitrogens is 6. The summed E-state index contributed by atoms with van der Waals surface area (Å²) in [5, 5.41) is 8.73. The number of fused-ring (bicyclic) bond motifs is 12. The molecule has 0 amide bonds. The number of pyridine rings is 2. The molecule has 6 heterocycles. The molecule has 6 aromatic heterocycles. The number of carbonyl (C=O) groups is 2. The standard InChI is InChI=1S/C100H108N6O6S/c1-93(2,3)62-25-33-79-71(48-62)72-49-63(94(4,5)6)26-34-80(72)103(79)87-41-58(42-88(101-87)104-81-35-27-64(95(7,8)9)50-73(81)74-51-65(96(10,11)12)28-36-82(74)104)56-111-91(107)60-45-61(47-70(46-60)113(109)110)92(108)112-57-59-43-89(105-83-37-29-66(97(13,14)15)52-75(83)76-53-67(98(16,17)18)30-38-84(76)105)102-90(44-59)106-85-39-31-68(99(19,20)21)54-77(85)78-55-69(100(22,23)24)32-40-86(78)106/h25-55,113H,56-57H2,1-24H3. The summed E-state index contributed by atoms with van der Waals surface area (Å²) < 4.78 is 48.2. The van der Waals surface area contributed by atoms with E-state index in [1.54, 1.807) is 0 Å². The zero-order valence-corrected chi connectivity index (χ0v) is 71.3. The molecule has 0 saturated carbocycles. The second-order valence-corrected chi connectivity index (χ2v) is 40.8. The smallest absolute Gasteiger partial charge is 0.338 e. The summed E-state index contributed by atoms with van der Waals surface area (Å²) in [5.41, 5.74) is 17.2. The van der Waals surface area contributed by atoms with Crippen LogP contribution >= 0.6 is 0 Å². The number of benzene rings is 9. The van der Waals surface area contributed by atoms with E-state index in [0.717, 1.165) is 87.2 Å². The fourth-order valence-electron chi connectivity index (χ4n) is 16.0. The van der Waals surface area contributed by atoms with Gasteiger partial charge in [-0.05, 0) is 238 Å². The van der Waals surface area contributed by atoms with Gasteiger partial charge in [0.15, 0.2) is 10.7 Å². The first-order chi connectivity index (χ1) is 52.7. The van der Waals surface area contributed by atoms with Crippen LogP contribution in [0.3, 0.4) is 0 Å². The van der Waals surface area contributed by atoms with E-state index in [0.29, 0.717) is 34.4 Å². The minimum Gasteiger partial charge on any atom is -0.457 e. The molecule has 15 rings (SSSR count). The number of carbonyl (C=O) groups excluding carboxylic acids is 2.